The van der Waals surface area contributed by atoms with Crippen LogP contribution in [0.1, 0.15) is 32.6 Å². The lowest BCUT2D eigenvalue weighted by atomic mass is 10.0. The van der Waals surface area contributed by atoms with Gasteiger partial charge in [0.05, 0.1) is 19.1 Å². The Labute approximate surface area is 158 Å². The third kappa shape index (κ3) is 5.67. The van der Waals surface area contributed by atoms with Gasteiger partial charge in [0.15, 0.2) is 6.61 Å². The Bertz CT molecular complexity index is 873. The maximum atomic E-state index is 12.1. The van der Waals surface area contributed by atoms with Crippen LogP contribution in [0.5, 0.6) is 0 Å². The van der Waals surface area contributed by atoms with Gasteiger partial charge in [0.2, 0.25) is 0 Å². The summed E-state index contributed by atoms with van der Waals surface area (Å²) >= 11 is 0. The third-order valence-corrected chi connectivity index (χ3v) is 4.22. The summed E-state index contributed by atoms with van der Waals surface area (Å²) in [5.41, 5.74) is 4.65. The molecule has 0 unspecified atom stereocenters. The van der Waals surface area contributed by atoms with E-state index >= 15 is 0 Å². The molecule has 1 N–H and O–H groups in total. The molecule has 0 saturated carbocycles. The largest absolute Gasteiger partial charge is 0.465 e. The van der Waals surface area contributed by atoms with Crippen LogP contribution >= 0.6 is 0 Å². The number of rotatable bonds is 6. The first-order valence-corrected chi connectivity index (χ1v) is 8.50. The minimum Gasteiger partial charge on any atom is -0.465 e. The molecule has 6 heteroatoms. The number of aryl methyl sites for hydroxylation is 3. The van der Waals surface area contributed by atoms with Crippen molar-refractivity contribution in [3.8, 4) is 0 Å². The summed E-state index contributed by atoms with van der Waals surface area (Å²) < 4.78 is 9.71. The van der Waals surface area contributed by atoms with E-state index in [9.17, 15) is 14.4 Å². The predicted octanol–water partition coefficient (Wildman–Crippen LogP) is 3.12. The number of hydrogen-bond acceptors (Lipinski definition) is 5. The highest BCUT2D eigenvalue weighted by atomic mass is 16.5. The summed E-state index contributed by atoms with van der Waals surface area (Å²) in [6.45, 7) is 5.37. The molecule has 0 radical (unpaired) electrons. The Morgan fingerprint density at radius 3 is 2.30 bits per heavy atom. The van der Waals surface area contributed by atoms with Crippen LogP contribution in [-0.2, 0) is 25.5 Å². The predicted molar refractivity (Wildman–Crippen MR) is 102 cm³/mol. The zero-order valence-electron chi connectivity index (χ0n) is 15.9. The first-order valence-electron chi connectivity index (χ1n) is 8.50. The SMILES string of the molecule is COC(=O)c1ccc(C)c(NC(=O)COC(=O)Cc2ccc(C)c(C)c2)c1. The molecule has 1 amide bonds. The Morgan fingerprint density at radius 2 is 1.63 bits per heavy atom. The number of ether oxygens (including phenoxy) is 2. The summed E-state index contributed by atoms with van der Waals surface area (Å²) in [6, 6.07) is 10.6. The van der Waals surface area contributed by atoms with Crippen LogP contribution < -0.4 is 5.32 Å². The van der Waals surface area contributed by atoms with Crippen molar-refractivity contribution in [1.29, 1.82) is 0 Å². The summed E-state index contributed by atoms with van der Waals surface area (Å²) in [6.07, 6.45) is 0.102. The standard InChI is InChI=1S/C21H23NO5/c1-13-5-7-16(9-15(13)3)10-20(24)27-12-19(23)22-18-11-17(21(25)26-4)8-6-14(18)2/h5-9,11H,10,12H2,1-4H3,(H,22,23). The van der Waals surface area contributed by atoms with Crippen LogP contribution in [0.15, 0.2) is 36.4 Å². The van der Waals surface area contributed by atoms with Gasteiger partial charge >= 0.3 is 11.9 Å². The van der Waals surface area contributed by atoms with E-state index < -0.39 is 24.5 Å². The zero-order chi connectivity index (χ0) is 20.0. The molecule has 2 aromatic rings. The van der Waals surface area contributed by atoms with Gasteiger partial charge in [-0.15, -0.1) is 0 Å². The molecule has 6 nitrogen and oxygen atoms in total. The lowest BCUT2D eigenvalue weighted by molar-refractivity contribution is -0.146. The van der Waals surface area contributed by atoms with E-state index in [-0.39, 0.29) is 6.42 Å². The summed E-state index contributed by atoms with van der Waals surface area (Å²) in [5.74, 6) is -1.45. The number of carbonyl (C=O) groups excluding carboxylic acids is 3. The molecule has 27 heavy (non-hydrogen) atoms. The Hall–Kier alpha value is -3.15. The lowest BCUT2D eigenvalue weighted by Crippen LogP contribution is -2.22. The molecule has 142 valence electrons. The van der Waals surface area contributed by atoms with Gasteiger partial charge in [0, 0.05) is 5.69 Å². The van der Waals surface area contributed by atoms with Gasteiger partial charge in [0.1, 0.15) is 0 Å². The number of amides is 1. The zero-order valence-corrected chi connectivity index (χ0v) is 15.9. The van der Waals surface area contributed by atoms with Crippen molar-refractivity contribution in [3.63, 3.8) is 0 Å². The van der Waals surface area contributed by atoms with Crippen molar-refractivity contribution in [3.05, 3.63) is 64.2 Å². The quantitative estimate of drug-likeness (QED) is 0.791. The van der Waals surface area contributed by atoms with Crippen LogP contribution in [0.25, 0.3) is 0 Å². The van der Waals surface area contributed by atoms with Gasteiger partial charge in [-0.3, -0.25) is 9.59 Å². The van der Waals surface area contributed by atoms with Crippen molar-refractivity contribution in [1.82, 2.24) is 0 Å². The van der Waals surface area contributed by atoms with Gasteiger partial charge in [-0.1, -0.05) is 24.3 Å². The molecular formula is C21H23NO5. The van der Waals surface area contributed by atoms with Crippen molar-refractivity contribution in [2.24, 2.45) is 0 Å². The molecule has 0 bridgehead atoms. The highest BCUT2D eigenvalue weighted by Crippen LogP contribution is 2.17. The van der Waals surface area contributed by atoms with Crippen LogP contribution in [0.3, 0.4) is 0 Å². The van der Waals surface area contributed by atoms with Gasteiger partial charge in [-0.2, -0.15) is 0 Å². The topological polar surface area (TPSA) is 81.7 Å². The first kappa shape index (κ1) is 20.2. The van der Waals surface area contributed by atoms with Crippen LogP contribution in [0.4, 0.5) is 5.69 Å². The highest BCUT2D eigenvalue weighted by molar-refractivity contribution is 5.96. The molecule has 0 fully saturated rings. The minimum absolute atomic E-state index is 0.102. The van der Waals surface area contributed by atoms with E-state index in [2.05, 4.69) is 10.1 Å². The second-order valence-corrected chi connectivity index (χ2v) is 6.33. The molecule has 2 rings (SSSR count). The molecule has 0 heterocycles. The van der Waals surface area contributed by atoms with Gasteiger partial charge in [0.25, 0.3) is 5.91 Å². The molecule has 0 atom stereocenters. The van der Waals surface area contributed by atoms with E-state index in [1.165, 1.54) is 13.2 Å². The van der Waals surface area contributed by atoms with Crippen molar-refractivity contribution in [2.75, 3.05) is 19.0 Å². The summed E-state index contributed by atoms with van der Waals surface area (Å²) in [7, 11) is 1.29. The van der Waals surface area contributed by atoms with Crippen LogP contribution in [0.2, 0.25) is 0 Å². The number of benzene rings is 2. The lowest BCUT2D eigenvalue weighted by Gasteiger charge is -2.11. The fraction of sp³-hybridized carbons (Fsp3) is 0.286. The second-order valence-electron chi connectivity index (χ2n) is 6.33. The average molecular weight is 369 g/mol. The van der Waals surface area contributed by atoms with Crippen molar-refractivity contribution in [2.45, 2.75) is 27.2 Å². The van der Waals surface area contributed by atoms with Crippen molar-refractivity contribution < 1.29 is 23.9 Å². The second kappa shape index (κ2) is 8.98. The monoisotopic (exact) mass is 369 g/mol. The smallest absolute Gasteiger partial charge is 0.337 e. The Morgan fingerprint density at radius 1 is 0.926 bits per heavy atom. The number of carbonyl (C=O) groups is 3. The maximum Gasteiger partial charge on any atom is 0.337 e. The van der Waals surface area contributed by atoms with Gasteiger partial charge in [-0.25, -0.2) is 4.79 Å². The summed E-state index contributed by atoms with van der Waals surface area (Å²) in [5, 5.41) is 2.64. The molecule has 0 spiro atoms. The van der Waals surface area contributed by atoms with Crippen molar-refractivity contribution >= 4 is 23.5 Å². The number of methoxy groups -OCH3 is 1. The molecule has 2 aromatic carbocycles. The average Bonchev–Trinajstić information content (AvgIpc) is 2.64. The molecule has 0 aromatic heterocycles. The van der Waals surface area contributed by atoms with Gasteiger partial charge < -0.3 is 14.8 Å². The third-order valence-electron chi connectivity index (χ3n) is 4.22. The fourth-order valence-corrected chi connectivity index (χ4v) is 2.47. The molecule has 0 aliphatic heterocycles. The van der Waals surface area contributed by atoms with Gasteiger partial charge in [-0.05, 0) is 55.2 Å². The molecule has 0 saturated heterocycles. The number of esters is 2. The van der Waals surface area contributed by atoms with E-state index in [1.807, 2.05) is 32.0 Å². The molecule has 0 aliphatic rings. The minimum atomic E-state index is -0.495. The number of hydrogen-bond donors (Lipinski definition) is 1. The first-order chi connectivity index (χ1) is 12.8. The van der Waals surface area contributed by atoms with E-state index in [1.54, 1.807) is 19.1 Å². The normalized spacial score (nSPS) is 10.2. The van der Waals surface area contributed by atoms with E-state index in [0.717, 1.165) is 22.3 Å². The number of anilines is 1. The number of nitrogens with one attached hydrogen (secondary N) is 1. The molecular weight excluding hydrogens is 346 g/mol. The van der Waals surface area contributed by atoms with Crippen LogP contribution in [0, 0.1) is 20.8 Å². The molecule has 0 aliphatic carbocycles. The summed E-state index contributed by atoms with van der Waals surface area (Å²) in [4.78, 5) is 35.6. The van der Waals surface area contributed by atoms with E-state index in [0.29, 0.717) is 11.3 Å². The Kier molecular flexibility index (Phi) is 6.71. The van der Waals surface area contributed by atoms with E-state index in [4.69, 9.17) is 4.74 Å². The van der Waals surface area contributed by atoms with Crippen LogP contribution in [-0.4, -0.2) is 31.6 Å². The highest BCUT2D eigenvalue weighted by Gasteiger charge is 2.12. The Balaban J connectivity index is 1.91. The fourth-order valence-electron chi connectivity index (χ4n) is 2.47. The maximum absolute atomic E-state index is 12.1.